The third-order valence-corrected chi connectivity index (χ3v) is 3.66. The average Bonchev–Trinajstić information content (AvgIpc) is 2.61. The first-order valence-corrected chi connectivity index (χ1v) is 8.16. The molecule has 0 aromatic heterocycles. The maximum atomic E-state index is 13.0. The minimum atomic E-state index is -0.467. The fraction of sp³-hybridized carbons (Fsp3) is 0.158. The minimum Gasteiger partial charge on any atom is -0.506 e. The fourth-order valence-corrected chi connectivity index (χ4v) is 2.25. The summed E-state index contributed by atoms with van der Waals surface area (Å²) in [6.45, 7) is 2.38. The first-order valence-electron chi connectivity index (χ1n) is 7.79. The normalized spacial score (nSPS) is 12.1. The lowest BCUT2D eigenvalue weighted by molar-refractivity contribution is -0.116. The number of aliphatic hydroxyl groups excluding tert-OH is 1. The van der Waals surface area contributed by atoms with Gasteiger partial charge in [0.1, 0.15) is 11.6 Å². The molecule has 4 nitrogen and oxygen atoms in total. The number of carbonyl (C=O) groups is 1. The summed E-state index contributed by atoms with van der Waals surface area (Å²) in [4.78, 5) is 16.5. The molecule has 6 heteroatoms. The van der Waals surface area contributed by atoms with E-state index in [2.05, 4.69) is 10.3 Å². The van der Waals surface area contributed by atoms with E-state index in [1.807, 2.05) is 6.92 Å². The number of halogens is 2. The van der Waals surface area contributed by atoms with E-state index in [0.717, 1.165) is 6.42 Å². The molecule has 2 aromatic carbocycles. The third kappa shape index (κ3) is 5.16. The maximum Gasteiger partial charge on any atom is 0.256 e. The van der Waals surface area contributed by atoms with Gasteiger partial charge in [-0.25, -0.2) is 4.39 Å². The van der Waals surface area contributed by atoms with Gasteiger partial charge >= 0.3 is 0 Å². The van der Waals surface area contributed by atoms with Crippen LogP contribution in [0.25, 0.3) is 5.76 Å². The molecule has 2 N–H and O–H groups in total. The summed E-state index contributed by atoms with van der Waals surface area (Å²) in [7, 11) is 0. The Morgan fingerprint density at radius 2 is 1.92 bits per heavy atom. The molecule has 2 rings (SSSR count). The highest BCUT2D eigenvalue weighted by Gasteiger charge is 2.16. The number of hydrogen-bond donors (Lipinski definition) is 2. The van der Waals surface area contributed by atoms with Gasteiger partial charge in [0.25, 0.3) is 5.91 Å². The van der Waals surface area contributed by atoms with Crippen LogP contribution in [0.3, 0.4) is 0 Å². The summed E-state index contributed by atoms with van der Waals surface area (Å²) in [6.07, 6.45) is 2.00. The molecule has 0 saturated heterocycles. The predicted molar refractivity (Wildman–Crippen MR) is 98.9 cm³/mol. The van der Waals surface area contributed by atoms with Crippen LogP contribution in [0.1, 0.15) is 18.9 Å². The van der Waals surface area contributed by atoms with Crippen LogP contribution in [0, 0.1) is 5.82 Å². The largest absolute Gasteiger partial charge is 0.506 e. The first-order chi connectivity index (χ1) is 12.0. The molecule has 0 aliphatic rings. The van der Waals surface area contributed by atoms with Crippen molar-refractivity contribution in [2.45, 2.75) is 13.3 Å². The van der Waals surface area contributed by atoms with Gasteiger partial charge in [-0.1, -0.05) is 30.7 Å². The molecule has 1 amide bonds. The molecule has 0 aliphatic heterocycles. The monoisotopic (exact) mass is 360 g/mol. The van der Waals surface area contributed by atoms with Crippen molar-refractivity contribution < 1.29 is 14.3 Å². The molecular formula is C19H18ClFN2O2. The number of rotatable bonds is 6. The number of carbonyl (C=O) groups excluding carboxylic acids is 1. The van der Waals surface area contributed by atoms with Crippen LogP contribution in [0.4, 0.5) is 10.1 Å². The molecule has 130 valence electrons. The SMILES string of the molecule is CCCNC(=O)C(C=Nc1ccc(F)cc1)=C(O)c1ccccc1Cl. The van der Waals surface area contributed by atoms with Crippen molar-refractivity contribution in [3.63, 3.8) is 0 Å². The summed E-state index contributed by atoms with van der Waals surface area (Å²) >= 11 is 6.09. The van der Waals surface area contributed by atoms with Crippen molar-refractivity contribution in [3.8, 4) is 0 Å². The Bertz CT molecular complexity index is 801. The highest BCUT2D eigenvalue weighted by Crippen LogP contribution is 2.24. The summed E-state index contributed by atoms with van der Waals surface area (Å²) < 4.78 is 13.0. The van der Waals surface area contributed by atoms with Crippen LogP contribution in [0.5, 0.6) is 0 Å². The summed E-state index contributed by atoms with van der Waals surface area (Å²) in [5.74, 6) is -1.12. The van der Waals surface area contributed by atoms with Gasteiger partial charge in [-0.3, -0.25) is 9.79 Å². The second-order valence-corrected chi connectivity index (χ2v) is 5.64. The van der Waals surface area contributed by atoms with Gasteiger partial charge in [0.2, 0.25) is 0 Å². The molecule has 0 fully saturated rings. The van der Waals surface area contributed by atoms with Gasteiger partial charge in [-0.05, 0) is 42.8 Å². The van der Waals surface area contributed by atoms with Crippen molar-refractivity contribution in [3.05, 3.63) is 70.5 Å². The topological polar surface area (TPSA) is 61.7 Å². The third-order valence-electron chi connectivity index (χ3n) is 3.33. The molecular weight excluding hydrogens is 343 g/mol. The number of hydrogen-bond acceptors (Lipinski definition) is 3. The molecule has 0 atom stereocenters. The van der Waals surface area contributed by atoms with Gasteiger partial charge in [0.15, 0.2) is 0 Å². The van der Waals surface area contributed by atoms with Crippen molar-refractivity contribution in [1.82, 2.24) is 5.32 Å². The summed E-state index contributed by atoms with van der Waals surface area (Å²) in [6, 6.07) is 12.1. The molecule has 0 heterocycles. The quantitative estimate of drug-likeness (QED) is 0.446. The van der Waals surface area contributed by atoms with Crippen molar-refractivity contribution in [2.75, 3.05) is 6.54 Å². The van der Waals surface area contributed by atoms with E-state index in [-0.39, 0.29) is 17.1 Å². The Balaban J connectivity index is 2.42. The second-order valence-electron chi connectivity index (χ2n) is 5.23. The Morgan fingerprint density at radius 3 is 2.56 bits per heavy atom. The van der Waals surface area contributed by atoms with Crippen LogP contribution in [0.15, 0.2) is 59.1 Å². The first kappa shape index (κ1) is 18.7. The lowest BCUT2D eigenvalue weighted by Crippen LogP contribution is -2.27. The summed E-state index contributed by atoms with van der Waals surface area (Å²) in [5, 5.41) is 13.5. The van der Waals surface area contributed by atoms with Gasteiger partial charge < -0.3 is 10.4 Å². The number of benzene rings is 2. The van der Waals surface area contributed by atoms with E-state index in [0.29, 0.717) is 22.8 Å². The van der Waals surface area contributed by atoms with Crippen LogP contribution in [-0.4, -0.2) is 23.8 Å². The molecule has 0 spiro atoms. The van der Waals surface area contributed by atoms with E-state index in [1.54, 1.807) is 24.3 Å². The predicted octanol–water partition coefficient (Wildman–Crippen LogP) is 4.68. The zero-order valence-corrected chi connectivity index (χ0v) is 14.4. The Kier molecular flexibility index (Phi) is 6.71. The molecule has 0 unspecified atom stereocenters. The van der Waals surface area contributed by atoms with Gasteiger partial charge in [-0.2, -0.15) is 0 Å². The number of amides is 1. The van der Waals surface area contributed by atoms with E-state index in [4.69, 9.17) is 11.6 Å². The Labute approximate surface area is 150 Å². The second kappa shape index (κ2) is 8.99. The molecule has 0 aliphatic carbocycles. The molecule has 0 saturated carbocycles. The zero-order chi connectivity index (χ0) is 18.2. The average molecular weight is 361 g/mol. The van der Waals surface area contributed by atoms with Crippen molar-refractivity contribution >= 4 is 35.2 Å². The minimum absolute atomic E-state index is 0.0223. The highest BCUT2D eigenvalue weighted by atomic mass is 35.5. The molecule has 0 bridgehead atoms. The zero-order valence-electron chi connectivity index (χ0n) is 13.7. The lowest BCUT2D eigenvalue weighted by atomic mass is 10.1. The van der Waals surface area contributed by atoms with Crippen molar-refractivity contribution in [2.24, 2.45) is 4.99 Å². The number of nitrogens with one attached hydrogen (secondary N) is 1. The fourth-order valence-electron chi connectivity index (χ4n) is 2.03. The lowest BCUT2D eigenvalue weighted by Gasteiger charge is -2.09. The maximum absolute atomic E-state index is 13.0. The van der Waals surface area contributed by atoms with Crippen LogP contribution in [0.2, 0.25) is 5.02 Å². The van der Waals surface area contributed by atoms with Gasteiger partial charge in [0, 0.05) is 18.3 Å². The van der Waals surface area contributed by atoms with Gasteiger partial charge in [-0.15, -0.1) is 0 Å². The highest BCUT2D eigenvalue weighted by molar-refractivity contribution is 6.32. The Morgan fingerprint density at radius 1 is 1.24 bits per heavy atom. The number of aliphatic imine (C=N–C) groups is 1. The van der Waals surface area contributed by atoms with E-state index >= 15 is 0 Å². The van der Waals surface area contributed by atoms with Crippen molar-refractivity contribution in [1.29, 1.82) is 0 Å². The van der Waals surface area contributed by atoms with Crippen LogP contribution >= 0.6 is 11.6 Å². The molecule has 25 heavy (non-hydrogen) atoms. The number of aliphatic hydroxyl groups is 1. The van der Waals surface area contributed by atoms with Gasteiger partial charge in [0.05, 0.1) is 16.3 Å². The molecule has 2 aromatic rings. The number of nitrogens with zero attached hydrogens (tertiary/aromatic N) is 1. The van der Waals surface area contributed by atoms with Crippen LogP contribution < -0.4 is 5.32 Å². The smallest absolute Gasteiger partial charge is 0.256 e. The standard InChI is InChI=1S/C19H18ClFN2O2/c1-2-11-22-19(25)16(12-23-14-9-7-13(21)8-10-14)18(24)15-5-3-4-6-17(15)20/h3-10,12,24H,2,11H2,1H3,(H,22,25). The van der Waals surface area contributed by atoms with Crippen LogP contribution in [-0.2, 0) is 4.79 Å². The Hall–Kier alpha value is -2.66. The van der Waals surface area contributed by atoms with E-state index < -0.39 is 5.91 Å². The van der Waals surface area contributed by atoms with E-state index in [9.17, 15) is 14.3 Å². The van der Waals surface area contributed by atoms with E-state index in [1.165, 1.54) is 30.5 Å². The summed E-state index contributed by atoms with van der Waals surface area (Å²) in [5.41, 5.74) is 0.761. The molecule has 0 radical (unpaired) electrons.